The van der Waals surface area contributed by atoms with Gasteiger partial charge in [-0.1, -0.05) is 45.0 Å². The van der Waals surface area contributed by atoms with E-state index < -0.39 is 8.07 Å². The van der Waals surface area contributed by atoms with Gasteiger partial charge >= 0.3 is 5.97 Å². The summed E-state index contributed by atoms with van der Waals surface area (Å²) >= 11 is 0. The molecule has 0 aromatic carbocycles. The Bertz CT molecular complexity index is 201. The highest BCUT2D eigenvalue weighted by Gasteiger charge is 2.39. The number of hydrogen-bond donors (Lipinski definition) is 0. The van der Waals surface area contributed by atoms with Gasteiger partial charge in [0.1, 0.15) is 0 Å². The lowest BCUT2D eigenvalue weighted by Crippen LogP contribution is -2.41. The van der Waals surface area contributed by atoms with E-state index >= 15 is 0 Å². The Morgan fingerprint density at radius 3 is 2.00 bits per heavy atom. The van der Waals surface area contributed by atoms with Crippen LogP contribution >= 0.6 is 0 Å². The van der Waals surface area contributed by atoms with Crippen molar-refractivity contribution in [1.82, 2.24) is 0 Å². The van der Waals surface area contributed by atoms with E-state index in [2.05, 4.69) is 27.4 Å². The van der Waals surface area contributed by atoms with Crippen molar-refractivity contribution in [1.29, 1.82) is 0 Å². The molecule has 0 N–H and O–H groups in total. The van der Waals surface area contributed by atoms with Crippen LogP contribution < -0.4 is 0 Å². The van der Waals surface area contributed by atoms with E-state index in [1.807, 2.05) is 6.92 Å². The van der Waals surface area contributed by atoms with Crippen LogP contribution in [-0.4, -0.2) is 20.7 Å². The van der Waals surface area contributed by atoms with Gasteiger partial charge in [0, 0.05) is 0 Å². The molecule has 0 aliphatic rings. The van der Waals surface area contributed by atoms with Crippen LogP contribution in [0.15, 0.2) is 12.7 Å². The molecular formula is C12H24O2Si. The summed E-state index contributed by atoms with van der Waals surface area (Å²) in [6, 6.07) is 3.36. The second-order valence-corrected chi connectivity index (χ2v) is 9.36. The summed E-state index contributed by atoms with van der Waals surface area (Å²) < 4.78 is 5.13. The smallest absolute Gasteiger partial charge is 0.309 e. The fourth-order valence-corrected chi connectivity index (χ4v) is 6.14. The standard InChI is InChI=1S/C12H24O2Si/c1-6-11(12(13)14-7-2)15(8-3,9-4)10-5/h6,11H,1,7-10H2,2-5H3. The van der Waals surface area contributed by atoms with Crippen molar-refractivity contribution >= 4 is 14.0 Å². The Labute approximate surface area is 94.7 Å². The van der Waals surface area contributed by atoms with Crippen LogP contribution in [0.4, 0.5) is 0 Å². The van der Waals surface area contributed by atoms with Crippen molar-refractivity contribution in [3.8, 4) is 0 Å². The minimum atomic E-state index is -1.54. The van der Waals surface area contributed by atoms with E-state index in [1.54, 1.807) is 6.08 Å². The van der Waals surface area contributed by atoms with E-state index in [0.717, 1.165) is 18.1 Å². The molecular weight excluding hydrogens is 204 g/mol. The molecule has 0 aromatic rings. The molecule has 0 aromatic heterocycles. The minimum Gasteiger partial charge on any atom is -0.466 e. The highest BCUT2D eigenvalue weighted by atomic mass is 28.3. The first kappa shape index (κ1) is 14.4. The molecule has 0 saturated heterocycles. The van der Waals surface area contributed by atoms with Gasteiger partial charge in [-0.05, 0) is 6.92 Å². The molecule has 0 radical (unpaired) electrons. The Hall–Kier alpha value is -0.573. The van der Waals surface area contributed by atoms with Gasteiger partial charge in [-0.3, -0.25) is 4.79 Å². The van der Waals surface area contributed by atoms with Gasteiger partial charge < -0.3 is 4.74 Å². The normalized spacial score (nSPS) is 13.3. The third-order valence-electron chi connectivity index (χ3n) is 3.55. The molecule has 0 rings (SSSR count). The van der Waals surface area contributed by atoms with Crippen molar-refractivity contribution in [2.24, 2.45) is 0 Å². The van der Waals surface area contributed by atoms with Crippen LogP contribution in [0.3, 0.4) is 0 Å². The topological polar surface area (TPSA) is 26.3 Å². The van der Waals surface area contributed by atoms with Gasteiger partial charge in [-0.15, -0.1) is 6.58 Å². The monoisotopic (exact) mass is 228 g/mol. The van der Waals surface area contributed by atoms with Gasteiger partial charge in [-0.25, -0.2) is 0 Å². The number of ether oxygens (including phenoxy) is 1. The van der Waals surface area contributed by atoms with Gasteiger partial charge in [0.2, 0.25) is 0 Å². The zero-order chi connectivity index (χ0) is 11.9. The zero-order valence-electron chi connectivity index (χ0n) is 10.5. The van der Waals surface area contributed by atoms with Crippen LogP contribution in [0.1, 0.15) is 27.7 Å². The van der Waals surface area contributed by atoms with Crippen molar-refractivity contribution in [3.05, 3.63) is 12.7 Å². The minimum absolute atomic E-state index is 0.0301. The molecule has 15 heavy (non-hydrogen) atoms. The molecule has 0 heterocycles. The number of esters is 1. The summed E-state index contributed by atoms with van der Waals surface area (Å²) in [5.74, 6) is -0.0651. The summed E-state index contributed by atoms with van der Waals surface area (Å²) in [4.78, 5) is 11.8. The second kappa shape index (κ2) is 6.83. The quantitative estimate of drug-likeness (QED) is 0.378. The van der Waals surface area contributed by atoms with E-state index in [0.29, 0.717) is 6.61 Å². The van der Waals surface area contributed by atoms with E-state index in [1.165, 1.54) is 0 Å². The van der Waals surface area contributed by atoms with Gasteiger partial charge in [0.15, 0.2) is 0 Å². The van der Waals surface area contributed by atoms with Crippen LogP contribution in [0, 0.1) is 0 Å². The molecule has 0 saturated carbocycles. The number of hydrogen-bond acceptors (Lipinski definition) is 2. The SMILES string of the molecule is C=CC(C(=O)OCC)[Si](CC)(CC)CC. The summed E-state index contributed by atoms with van der Waals surface area (Å²) in [6.45, 7) is 12.7. The van der Waals surface area contributed by atoms with E-state index in [4.69, 9.17) is 4.74 Å². The average molecular weight is 228 g/mol. The molecule has 2 nitrogen and oxygen atoms in total. The average Bonchev–Trinajstić information content (AvgIpc) is 2.26. The summed E-state index contributed by atoms with van der Waals surface area (Å²) in [5.41, 5.74) is -0.0301. The third kappa shape index (κ3) is 3.19. The van der Waals surface area contributed by atoms with Gasteiger partial charge in [-0.2, -0.15) is 0 Å². The highest BCUT2D eigenvalue weighted by molar-refractivity contribution is 6.84. The maximum atomic E-state index is 11.8. The molecule has 0 spiro atoms. The second-order valence-electron chi connectivity index (χ2n) is 3.89. The molecule has 0 bridgehead atoms. The fraction of sp³-hybridized carbons (Fsp3) is 0.750. The van der Waals surface area contributed by atoms with E-state index in [9.17, 15) is 4.79 Å². The molecule has 3 heteroatoms. The molecule has 0 aliphatic carbocycles. The summed E-state index contributed by atoms with van der Waals surface area (Å²) in [7, 11) is -1.54. The van der Waals surface area contributed by atoms with Crippen molar-refractivity contribution < 1.29 is 9.53 Å². The predicted octanol–water partition coefficient (Wildman–Crippen LogP) is 3.61. The van der Waals surface area contributed by atoms with Crippen molar-refractivity contribution in [3.63, 3.8) is 0 Å². The Morgan fingerprint density at radius 2 is 1.73 bits per heavy atom. The zero-order valence-corrected chi connectivity index (χ0v) is 11.5. The van der Waals surface area contributed by atoms with E-state index in [-0.39, 0.29) is 11.5 Å². The third-order valence-corrected chi connectivity index (χ3v) is 9.56. The first-order chi connectivity index (χ1) is 7.11. The molecule has 0 amide bonds. The van der Waals surface area contributed by atoms with Crippen LogP contribution in [-0.2, 0) is 9.53 Å². The maximum Gasteiger partial charge on any atom is 0.309 e. The summed E-state index contributed by atoms with van der Waals surface area (Å²) in [6.07, 6.45) is 1.81. The van der Waals surface area contributed by atoms with Crippen molar-refractivity contribution in [2.45, 2.75) is 51.4 Å². The highest BCUT2D eigenvalue weighted by Crippen LogP contribution is 2.35. The molecule has 0 aliphatic heterocycles. The van der Waals surface area contributed by atoms with Crippen LogP contribution in [0.5, 0.6) is 0 Å². The van der Waals surface area contributed by atoms with Crippen LogP contribution in [0.2, 0.25) is 23.7 Å². The van der Waals surface area contributed by atoms with Crippen molar-refractivity contribution in [2.75, 3.05) is 6.61 Å². The lowest BCUT2D eigenvalue weighted by molar-refractivity contribution is -0.142. The summed E-state index contributed by atoms with van der Waals surface area (Å²) in [5, 5.41) is 0. The molecule has 88 valence electrons. The lowest BCUT2D eigenvalue weighted by Gasteiger charge is -2.33. The van der Waals surface area contributed by atoms with Gasteiger partial charge in [0.05, 0.1) is 20.2 Å². The Morgan fingerprint density at radius 1 is 1.27 bits per heavy atom. The molecule has 1 unspecified atom stereocenters. The van der Waals surface area contributed by atoms with Crippen LogP contribution in [0.25, 0.3) is 0 Å². The number of carbonyl (C=O) groups is 1. The van der Waals surface area contributed by atoms with Gasteiger partial charge in [0.25, 0.3) is 0 Å². The first-order valence-corrected chi connectivity index (χ1v) is 8.60. The predicted molar refractivity (Wildman–Crippen MR) is 67.8 cm³/mol. The molecule has 1 atom stereocenters. The maximum absolute atomic E-state index is 11.8. The molecule has 0 fully saturated rings. The number of rotatable bonds is 7. The lowest BCUT2D eigenvalue weighted by atomic mass is 10.4. The fourth-order valence-electron chi connectivity index (χ4n) is 2.24. The largest absolute Gasteiger partial charge is 0.466 e. The Kier molecular flexibility index (Phi) is 6.57. The first-order valence-electron chi connectivity index (χ1n) is 5.90. The Balaban J connectivity index is 4.88. The number of carbonyl (C=O) groups excluding carboxylic acids is 1.